The zero-order valence-electron chi connectivity index (χ0n) is 8.38. The van der Waals surface area contributed by atoms with Gasteiger partial charge in [-0.2, -0.15) is 13.2 Å². The Hall–Kier alpha value is -1.17. The molecule has 2 unspecified atom stereocenters. The molecule has 1 N–H and O–H groups in total. The Kier molecular flexibility index (Phi) is 3.52. The fourth-order valence-corrected chi connectivity index (χ4v) is 1.89. The Bertz CT molecular complexity index is 362. The highest BCUT2D eigenvalue weighted by molar-refractivity contribution is 6.14. The first-order chi connectivity index (χ1) is 7.29. The highest BCUT2D eigenvalue weighted by Gasteiger charge is 2.44. The quantitative estimate of drug-likeness (QED) is 0.270. The summed E-state index contributed by atoms with van der Waals surface area (Å²) < 4.78 is 37.9. The standard InChI is InChI=1S/C9H10ClF3N2O/c1-5-6(9(11,12)13)3-4-7(14-10)8(5)15(2)16/h3-5,8,14H,2H2,1H3. The summed E-state index contributed by atoms with van der Waals surface area (Å²) in [5.41, 5.74) is -0.565. The fraction of sp³-hybridized carbons (Fsp3) is 0.444. The van der Waals surface area contributed by atoms with Crippen LogP contribution in [0.5, 0.6) is 0 Å². The second kappa shape index (κ2) is 4.37. The third kappa shape index (κ3) is 2.32. The number of nitrogens with one attached hydrogen (secondary N) is 1. The lowest BCUT2D eigenvalue weighted by Gasteiger charge is -2.29. The monoisotopic (exact) mass is 254 g/mol. The second-order valence-corrected chi connectivity index (χ2v) is 3.68. The second-order valence-electron chi connectivity index (χ2n) is 3.49. The number of halogens is 4. The van der Waals surface area contributed by atoms with Gasteiger partial charge in [-0.25, -0.2) is 4.74 Å². The molecule has 3 nitrogen and oxygen atoms in total. The molecule has 0 amide bonds. The van der Waals surface area contributed by atoms with E-state index in [0.717, 1.165) is 12.2 Å². The first-order valence-electron chi connectivity index (χ1n) is 4.41. The summed E-state index contributed by atoms with van der Waals surface area (Å²) in [4.78, 5) is 2.18. The minimum Gasteiger partial charge on any atom is -0.624 e. The van der Waals surface area contributed by atoms with Crippen LogP contribution in [0.15, 0.2) is 23.4 Å². The van der Waals surface area contributed by atoms with Crippen molar-refractivity contribution in [2.75, 3.05) is 0 Å². The van der Waals surface area contributed by atoms with Gasteiger partial charge in [0.2, 0.25) is 6.04 Å². The van der Waals surface area contributed by atoms with E-state index in [-0.39, 0.29) is 10.4 Å². The Labute approximate surface area is 95.6 Å². The Morgan fingerprint density at radius 3 is 2.44 bits per heavy atom. The largest absolute Gasteiger partial charge is 0.624 e. The molecule has 0 aromatic carbocycles. The third-order valence-corrected chi connectivity index (χ3v) is 2.69. The number of alkyl halides is 3. The average Bonchev–Trinajstić information content (AvgIpc) is 2.14. The molecule has 16 heavy (non-hydrogen) atoms. The zero-order valence-corrected chi connectivity index (χ0v) is 9.14. The summed E-state index contributed by atoms with van der Waals surface area (Å²) in [5.74, 6) is -1.03. The van der Waals surface area contributed by atoms with Crippen LogP contribution in [0.2, 0.25) is 0 Å². The molecular weight excluding hydrogens is 245 g/mol. The van der Waals surface area contributed by atoms with Crippen molar-refractivity contribution in [3.63, 3.8) is 0 Å². The van der Waals surface area contributed by atoms with Gasteiger partial charge in [-0.3, -0.25) is 4.84 Å². The van der Waals surface area contributed by atoms with E-state index in [2.05, 4.69) is 11.6 Å². The maximum absolute atomic E-state index is 12.6. The number of hydrogen-bond acceptors (Lipinski definition) is 2. The molecule has 0 saturated heterocycles. The van der Waals surface area contributed by atoms with Gasteiger partial charge >= 0.3 is 6.18 Å². The topological polar surface area (TPSA) is 38.1 Å². The number of allylic oxidation sites excluding steroid dienone is 2. The molecule has 0 fully saturated rings. The van der Waals surface area contributed by atoms with E-state index < -0.39 is 23.7 Å². The minimum absolute atomic E-state index is 0.201. The van der Waals surface area contributed by atoms with E-state index in [1.165, 1.54) is 6.92 Å². The Morgan fingerprint density at radius 1 is 1.50 bits per heavy atom. The number of hydrogen-bond donors (Lipinski definition) is 1. The predicted molar refractivity (Wildman–Crippen MR) is 54.9 cm³/mol. The normalized spacial score (nSPS) is 25.8. The molecule has 0 heterocycles. The summed E-state index contributed by atoms with van der Waals surface area (Å²) in [7, 11) is 0. The van der Waals surface area contributed by atoms with Crippen molar-refractivity contribution in [2.24, 2.45) is 5.92 Å². The van der Waals surface area contributed by atoms with Gasteiger partial charge in [-0.05, 0) is 6.08 Å². The van der Waals surface area contributed by atoms with Crippen molar-refractivity contribution in [3.8, 4) is 0 Å². The Balaban J connectivity index is 3.15. The van der Waals surface area contributed by atoms with Crippen LogP contribution in [0.4, 0.5) is 13.2 Å². The molecule has 0 spiro atoms. The summed E-state index contributed by atoms with van der Waals surface area (Å²) >= 11 is 5.32. The fourth-order valence-electron chi connectivity index (χ4n) is 1.71. The average molecular weight is 255 g/mol. The summed E-state index contributed by atoms with van der Waals surface area (Å²) in [6, 6.07) is -1.06. The van der Waals surface area contributed by atoms with E-state index in [9.17, 15) is 18.4 Å². The lowest BCUT2D eigenvalue weighted by molar-refractivity contribution is -0.491. The number of hydroxylamine groups is 1. The maximum Gasteiger partial charge on any atom is 0.413 e. The van der Waals surface area contributed by atoms with Gasteiger partial charge in [0, 0.05) is 17.3 Å². The van der Waals surface area contributed by atoms with Crippen molar-refractivity contribution >= 4 is 18.5 Å². The van der Waals surface area contributed by atoms with E-state index >= 15 is 0 Å². The molecule has 0 bridgehead atoms. The van der Waals surface area contributed by atoms with Gasteiger partial charge in [0.05, 0.1) is 11.6 Å². The van der Waals surface area contributed by atoms with Crippen molar-refractivity contribution in [3.05, 3.63) is 28.6 Å². The maximum atomic E-state index is 12.6. The molecule has 1 rings (SSSR count). The van der Waals surface area contributed by atoms with Gasteiger partial charge in [-0.15, -0.1) is 0 Å². The van der Waals surface area contributed by atoms with E-state index in [1.54, 1.807) is 0 Å². The van der Waals surface area contributed by atoms with Crippen LogP contribution in [-0.2, 0) is 0 Å². The van der Waals surface area contributed by atoms with Crippen LogP contribution < -0.4 is 4.84 Å². The molecule has 0 aliphatic heterocycles. The summed E-state index contributed by atoms with van der Waals surface area (Å²) in [5, 5.41) is 11.1. The van der Waals surface area contributed by atoms with Crippen molar-refractivity contribution in [1.82, 2.24) is 4.84 Å². The summed E-state index contributed by atoms with van der Waals surface area (Å²) in [6.45, 7) is 4.38. The molecule has 0 radical (unpaired) electrons. The van der Waals surface area contributed by atoms with Gasteiger partial charge in [0.1, 0.15) is 6.72 Å². The number of nitrogens with zero attached hydrogens (tertiary/aromatic N) is 1. The van der Waals surface area contributed by atoms with Crippen LogP contribution in [0.1, 0.15) is 6.92 Å². The molecule has 1 aliphatic carbocycles. The zero-order chi connectivity index (χ0) is 12.5. The summed E-state index contributed by atoms with van der Waals surface area (Å²) in [6.07, 6.45) is -2.41. The smallest absolute Gasteiger partial charge is 0.413 e. The van der Waals surface area contributed by atoms with Gasteiger partial charge in [0.15, 0.2) is 0 Å². The van der Waals surface area contributed by atoms with Crippen LogP contribution in [0, 0.1) is 11.1 Å². The highest BCUT2D eigenvalue weighted by Crippen LogP contribution is 2.37. The SMILES string of the molecule is C=[N+]([O-])C1C(NCl)=CC=C(C(F)(F)F)C1C. The molecule has 2 atom stereocenters. The molecule has 0 aromatic heterocycles. The lowest BCUT2D eigenvalue weighted by Crippen LogP contribution is -2.39. The Morgan fingerprint density at radius 2 is 2.06 bits per heavy atom. The third-order valence-electron chi connectivity index (χ3n) is 2.47. The molecule has 0 saturated carbocycles. The molecule has 90 valence electrons. The molecule has 1 aliphatic rings. The van der Waals surface area contributed by atoms with Gasteiger partial charge in [0.25, 0.3) is 0 Å². The first-order valence-corrected chi connectivity index (χ1v) is 4.79. The van der Waals surface area contributed by atoms with Crippen molar-refractivity contribution < 1.29 is 17.9 Å². The highest BCUT2D eigenvalue weighted by atomic mass is 35.5. The van der Waals surface area contributed by atoms with Crippen molar-refractivity contribution in [2.45, 2.75) is 19.1 Å². The van der Waals surface area contributed by atoms with Crippen LogP contribution >= 0.6 is 11.8 Å². The predicted octanol–water partition coefficient (Wildman–Crippen LogP) is 2.33. The minimum atomic E-state index is -4.46. The first kappa shape index (κ1) is 12.9. The number of rotatable bonds is 2. The van der Waals surface area contributed by atoms with Gasteiger partial charge in [-0.1, -0.05) is 13.0 Å². The lowest BCUT2D eigenvalue weighted by atomic mass is 9.86. The van der Waals surface area contributed by atoms with E-state index in [1.807, 2.05) is 0 Å². The molecule has 7 heteroatoms. The van der Waals surface area contributed by atoms with Crippen molar-refractivity contribution in [1.29, 1.82) is 0 Å². The van der Waals surface area contributed by atoms with Crippen LogP contribution in [-0.4, -0.2) is 23.7 Å². The van der Waals surface area contributed by atoms with E-state index in [4.69, 9.17) is 11.8 Å². The van der Waals surface area contributed by atoms with Gasteiger partial charge < -0.3 is 5.21 Å². The molecular formula is C9H10ClF3N2O. The molecule has 0 aromatic rings. The van der Waals surface area contributed by atoms with Crippen LogP contribution in [0.25, 0.3) is 0 Å². The van der Waals surface area contributed by atoms with E-state index in [0.29, 0.717) is 0 Å². The van der Waals surface area contributed by atoms with Crippen LogP contribution in [0.3, 0.4) is 0 Å².